The molecule has 0 heterocycles. The Labute approximate surface area is 114 Å². The van der Waals surface area contributed by atoms with Crippen LogP contribution < -0.4 is 4.72 Å². The Kier molecular flexibility index (Phi) is 5.06. The van der Waals surface area contributed by atoms with Crippen molar-refractivity contribution < 1.29 is 12.8 Å². The first-order valence-electron chi connectivity index (χ1n) is 6.02. The van der Waals surface area contributed by atoms with E-state index >= 15 is 0 Å². The normalized spacial score (nSPS) is 12.9. The third kappa shape index (κ3) is 5.26. The van der Waals surface area contributed by atoms with E-state index in [1.54, 1.807) is 0 Å². The molecule has 0 aromatic heterocycles. The second-order valence-electron chi connectivity index (χ2n) is 5.68. The van der Waals surface area contributed by atoms with Gasteiger partial charge in [-0.3, -0.25) is 0 Å². The van der Waals surface area contributed by atoms with E-state index in [4.69, 9.17) is 0 Å². The van der Waals surface area contributed by atoms with Gasteiger partial charge in [-0.15, -0.1) is 0 Å². The Balaban J connectivity index is 2.76. The summed E-state index contributed by atoms with van der Waals surface area (Å²) in [5.74, 6) is -0.560. The van der Waals surface area contributed by atoms with Crippen molar-refractivity contribution in [1.82, 2.24) is 9.62 Å². The van der Waals surface area contributed by atoms with E-state index in [0.29, 0.717) is 6.54 Å². The Morgan fingerprint density at radius 1 is 1.32 bits per heavy atom. The van der Waals surface area contributed by atoms with Crippen molar-refractivity contribution in [3.63, 3.8) is 0 Å². The number of hydrogen-bond donors (Lipinski definition) is 1. The van der Waals surface area contributed by atoms with Crippen LogP contribution >= 0.6 is 0 Å². The Hall–Kier alpha value is -0.980. The first-order chi connectivity index (χ1) is 8.62. The molecule has 0 fully saturated rings. The van der Waals surface area contributed by atoms with Gasteiger partial charge in [-0.2, -0.15) is 0 Å². The van der Waals surface area contributed by atoms with E-state index in [1.807, 2.05) is 32.8 Å². The minimum atomic E-state index is -3.66. The molecule has 0 saturated carbocycles. The summed E-state index contributed by atoms with van der Waals surface area (Å²) in [5, 5.41) is 0. The topological polar surface area (TPSA) is 49.4 Å². The lowest BCUT2D eigenvalue weighted by Crippen LogP contribution is -2.39. The van der Waals surface area contributed by atoms with Gasteiger partial charge in [0.25, 0.3) is 0 Å². The highest BCUT2D eigenvalue weighted by Crippen LogP contribution is 2.17. The first kappa shape index (κ1) is 16.1. The van der Waals surface area contributed by atoms with Crippen LogP contribution in [0.15, 0.2) is 29.2 Å². The van der Waals surface area contributed by atoms with Crippen LogP contribution in [-0.2, 0) is 10.0 Å². The minimum absolute atomic E-state index is 0.0480. The zero-order valence-corrected chi connectivity index (χ0v) is 12.6. The lowest BCUT2D eigenvalue weighted by Gasteiger charge is -2.28. The zero-order valence-electron chi connectivity index (χ0n) is 11.8. The zero-order chi connectivity index (χ0) is 14.7. The van der Waals surface area contributed by atoms with E-state index in [2.05, 4.69) is 4.72 Å². The van der Waals surface area contributed by atoms with Crippen molar-refractivity contribution in [2.45, 2.75) is 18.7 Å². The van der Waals surface area contributed by atoms with E-state index in [-0.39, 0.29) is 10.3 Å². The van der Waals surface area contributed by atoms with Crippen molar-refractivity contribution in [1.29, 1.82) is 0 Å². The van der Waals surface area contributed by atoms with E-state index < -0.39 is 15.8 Å². The highest BCUT2D eigenvalue weighted by atomic mass is 32.2. The predicted molar refractivity (Wildman–Crippen MR) is 73.9 cm³/mol. The molecule has 1 aromatic carbocycles. The number of nitrogens with one attached hydrogen (secondary N) is 1. The highest BCUT2D eigenvalue weighted by Gasteiger charge is 2.23. The van der Waals surface area contributed by atoms with Gasteiger partial charge < -0.3 is 4.90 Å². The van der Waals surface area contributed by atoms with Gasteiger partial charge in [0.1, 0.15) is 5.82 Å². The quantitative estimate of drug-likeness (QED) is 0.866. The molecular weight excluding hydrogens is 267 g/mol. The number of nitrogens with zero attached hydrogens (tertiary/aromatic N) is 1. The lowest BCUT2D eigenvalue weighted by molar-refractivity contribution is 0.242. The molecule has 0 atom stereocenters. The maximum atomic E-state index is 13.0. The van der Waals surface area contributed by atoms with Gasteiger partial charge in [-0.1, -0.05) is 19.9 Å². The fourth-order valence-corrected chi connectivity index (χ4v) is 3.19. The third-order valence-corrected chi connectivity index (χ3v) is 3.99. The van der Waals surface area contributed by atoms with Crippen LogP contribution in [0.25, 0.3) is 0 Å². The summed E-state index contributed by atoms with van der Waals surface area (Å²) in [5.41, 5.74) is -0.204. The largest absolute Gasteiger partial charge is 0.309 e. The van der Waals surface area contributed by atoms with Gasteiger partial charge in [0.15, 0.2) is 0 Å². The van der Waals surface area contributed by atoms with Crippen LogP contribution in [0.4, 0.5) is 4.39 Å². The molecule has 1 N–H and O–H groups in total. The summed E-state index contributed by atoms with van der Waals surface area (Å²) in [7, 11) is 0.206. The predicted octanol–water partition coefficient (Wildman–Crippen LogP) is 1.69. The molecule has 6 heteroatoms. The Morgan fingerprint density at radius 2 is 1.95 bits per heavy atom. The number of hydrogen-bond acceptors (Lipinski definition) is 3. The van der Waals surface area contributed by atoms with Crippen molar-refractivity contribution in [3.8, 4) is 0 Å². The van der Waals surface area contributed by atoms with Crippen LogP contribution in [0.2, 0.25) is 0 Å². The summed E-state index contributed by atoms with van der Waals surface area (Å²) in [6, 6.07) is 5.00. The summed E-state index contributed by atoms with van der Waals surface area (Å²) < 4.78 is 39.6. The molecule has 1 aromatic rings. The van der Waals surface area contributed by atoms with Gasteiger partial charge in [0.05, 0.1) is 4.90 Å². The average molecular weight is 288 g/mol. The van der Waals surface area contributed by atoms with E-state index in [9.17, 15) is 12.8 Å². The third-order valence-electron chi connectivity index (χ3n) is 2.59. The Bertz CT molecular complexity index is 527. The minimum Gasteiger partial charge on any atom is -0.309 e. The van der Waals surface area contributed by atoms with Crippen LogP contribution in [0, 0.1) is 11.2 Å². The number of rotatable bonds is 6. The number of halogens is 1. The second-order valence-corrected chi connectivity index (χ2v) is 7.45. The fourth-order valence-electron chi connectivity index (χ4n) is 1.92. The fraction of sp³-hybridized carbons (Fsp3) is 0.538. The van der Waals surface area contributed by atoms with Crippen LogP contribution in [0.3, 0.4) is 0 Å². The SMILES string of the molecule is CN(C)CC(C)(C)CNS(=O)(=O)c1cccc(F)c1. The molecule has 0 amide bonds. The second kappa shape index (κ2) is 5.98. The van der Waals surface area contributed by atoms with Gasteiger partial charge in [-0.05, 0) is 37.7 Å². The molecular formula is C13H21FN2O2S. The molecule has 0 radical (unpaired) electrons. The molecule has 4 nitrogen and oxygen atoms in total. The summed E-state index contributed by atoms with van der Waals surface area (Å²) in [6.45, 7) is 4.99. The van der Waals surface area contributed by atoms with Crippen molar-refractivity contribution in [2.75, 3.05) is 27.2 Å². The van der Waals surface area contributed by atoms with E-state index in [1.165, 1.54) is 18.2 Å². The van der Waals surface area contributed by atoms with Gasteiger partial charge in [0, 0.05) is 13.1 Å². The summed E-state index contributed by atoms with van der Waals surface area (Å²) in [6.07, 6.45) is 0. The van der Waals surface area contributed by atoms with Gasteiger partial charge >= 0.3 is 0 Å². The maximum absolute atomic E-state index is 13.0. The number of sulfonamides is 1. The highest BCUT2D eigenvalue weighted by molar-refractivity contribution is 7.89. The molecule has 0 spiro atoms. The molecule has 0 aliphatic carbocycles. The van der Waals surface area contributed by atoms with Crippen molar-refractivity contribution in [2.24, 2.45) is 5.41 Å². The molecule has 0 unspecified atom stereocenters. The Morgan fingerprint density at radius 3 is 2.47 bits per heavy atom. The first-order valence-corrected chi connectivity index (χ1v) is 7.51. The summed E-state index contributed by atoms with van der Waals surface area (Å²) in [4.78, 5) is 1.95. The van der Waals surface area contributed by atoms with Crippen LogP contribution in [0.1, 0.15) is 13.8 Å². The van der Waals surface area contributed by atoms with Crippen LogP contribution in [-0.4, -0.2) is 40.5 Å². The monoisotopic (exact) mass is 288 g/mol. The smallest absolute Gasteiger partial charge is 0.240 e. The van der Waals surface area contributed by atoms with Gasteiger partial charge in [0.2, 0.25) is 10.0 Å². The molecule has 0 aliphatic heterocycles. The molecule has 0 aliphatic rings. The standard InChI is InChI=1S/C13H21FN2O2S/c1-13(2,10-16(3)4)9-15-19(17,18)12-7-5-6-11(14)8-12/h5-8,15H,9-10H2,1-4H3. The molecule has 0 saturated heterocycles. The van der Waals surface area contributed by atoms with Crippen LogP contribution in [0.5, 0.6) is 0 Å². The van der Waals surface area contributed by atoms with Crippen molar-refractivity contribution >= 4 is 10.0 Å². The summed E-state index contributed by atoms with van der Waals surface area (Å²) >= 11 is 0. The average Bonchev–Trinajstić information content (AvgIpc) is 2.25. The van der Waals surface area contributed by atoms with E-state index in [0.717, 1.165) is 12.6 Å². The molecule has 0 bridgehead atoms. The molecule has 108 valence electrons. The van der Waals surface area contributed by atoms with Crippen molar-refractivity contribution in [3.05, 3.63) is 30.1 Å². The van der Waals surface area contributed by atoms with Gasteiger partial charge in [-0.25, -0.2) is 17.5 Å². The molecule has 1 rings (SSSR count). The lowest BCUT2D eigenvalue weighted by atomic mass is 9.93. The maximum Gasteiger partial charge on any atom is 0.240 e. The molecule has 19 heavy (non-hydrogen) atoms. The number of benzene rings is 1.